The van der Waals surface area contributed by atoms with Gasteiger partial charge in [-0.15, -0.1) is 8.93 Å². The third kappa shape index (κ3) is 10.4. The largest absolute Gasteiger partial charge is 0.494 e. The number of aryl methyl sites for hydroxylation is 1. The molecule has 0 aromatic heterocycles. The first-order chi connectivity index (χ1) is 22.5. The average molecular weight is 653 g/mol. The van der Waals surface area contributed by atoms with Crippen LogP contribution in [0.3, 0.4) is 0 Å². The predicted octanol–water partition coefficient (Wildman–Crippen LogP) is 11.9. The van der Waals surface area contributed by atoms with Gasteiger partial charge in [-0.1, -0.05) is 145 Å². The molecule has 5 rings (SSSR count). The second kappa shape index (κ2) is 18.0. The summed E-state index contributed by atoms with van der Waals surface area (Å²) in [5.74, 6) is 5.17. The first kappa shape index (κ1) is 34.7. The fraction of sp³-hybridized carbons (Fsp3) is 0.429. The Morgan fingerprint density at radius 1 is 0.630 bits per heavy atom. The number of ether oxygens (including phenoxy) is 2. The van der Waals surface area contributed by atoms with Crippen molar-refractivity contribution in [2.24, 2.45) is 23.7 Å². The molecule has 4 aromatic carbocycles. The van der Waals surface area contributed by atoms with E-state index in [2.05, 4.69) is 127 Å². The first-order valence-electron chi connectivity index (χ1n) is 17.6. The molecule has 4 atom stereocenters. The van der Waals surface area contributed by atoms with Gasteiger partial charge in [-0.3, -0.25) is 0 Å². The maximum absolute atomic E-state index is 6.20. The Morgan fingerprint density at radius 3 is 1.59 bits per heavy atom. The molecule has 2 nitrogen and oxygen atoms in total. The number of hydrogen-bond donors (Lipinski definition) is 0. The molecular formula is C42H54O2P2. The fourth-order valence-corrected chi connectivity index (χ4v) is 8.03. The lowest BCUT2D eigenvalue weighted by Crippen LogP contribution is -2.19. The van der Waals surface area contributed by atoms with Crippen molar-refractivity contribution in [2.75, 3.05) is 13.2 Å². The van der Waals surface area contributed by atoms with E-state index in [1.807, 2.05) is 0 Å². The summed E-state index contributed by atoms with van der Waals surface area (Å²) >= 11 is 0. The van der Waals surface area contributed by atoms with Crippen LogP contribution in [0.5, 0.6) is 11.5 Å². The summed E-state index contributed by atoms with van der Waals surface area (Å²) in [6.45, 7) is 8.58. The van der Waals surface area contributed by atoms with Gasteiger partial charge in [0.25, 0.3) is 0 Å². The van der Waals surface area contributed by atoms with Crippen LogP contribution < -0.4 is 14.8 Å². The molecule has 4 unspecified atom stereocenters. The summed E-state index contributed by atoms with van der Waals surface area (Å²) in [4.78, 5) is 0. The summed E-state index contributed by atoms with van der Waals surface area (Å²) < 4.78 is 12.3. The Morgan fingerprint density at radius 2 is 1.09 bits per heavy atom. The van der Waals surface area contributed by atoms with E-state index in [4.69, 9.17) is 9.47 Å². The van der Waals surface area contributed by atoms with E-state index in [9.17, 15) is 0 Å². The molecule has 244 valence electrons. The molecule has 1 saturated carbocycles. The lowest BCUT2D eigenvalue weighted by Gasteiger charge is -2.30. The molecule has 0 bridgehead atoms. The van der Waals surface area contributed by atoms with E-state index >= 15 is 0 Å². The summed E-state index contributed by atoms with van der Waals surface area (Å²) in [6, 6.07) is 34.8. The van der Waals surface area contributed by atoms with Gasteiger partial charge in [0.1, 0.15) is 11.5 Å². The molecular weight excluding hydrogens is 598 g/mol. The highest BCUT2D eigenvalue weighted by Gasteiger charge is 2.23. The Hall–Kier alpha value is -2.66. The summed E-state index contributed by atoms with van der Waals surface area (Å²) in [6.07, 6.45) is 11.8. The number of hydrogen-bond acceptors (Lipinski definition) is 2. The maximum atomic E-state index is 6.20. The zero-order valence-corrected chi connectivity index (χ0v) is 30.4. The topological polar surface area (TPSA) is 18.5 Å². The molecule has 46 heavy (non-hydrogen) atoms. The predicted molar refractivity (Wildman–Crippen MR) is 204 cm³/mol. The Kier molecular flexibility index (Phi) is 13.6. The number of rotatable bonds is 16. The lowest BCUT2D eigenvalue weighted by atomic mass is 9.76. The maximum Gasteiger partial charge on any atom is 0.119 e. The summed E-state index contributed by atoms with van der Waals surface area (Å²) in [5, 5.41) is 1.37. The number of benzene rings is 4. The van der Waals surface area contributed by atoms with Crippen molar-refractivity contribution in [1.29, 1.82) is 0 Å². The van der Waals surface area contributed by atoms with Crippen LogP contribution in [0.1, 0.15) is 77.2 Å². The van der Waals surface area contributed by atoms with Crippen LogP contribution in [0.25, 0.3) is 22.3 Å². The smallest absolute Gasteiger partial charge is 0.119 e. The van der Waals surface area contributed by atoms with Gasteiger partial charge < -0.3 is 9.47 Å². The Balaban J connectivity index is 0.948. The minimum Gasteiger partial charge on any atom is -0.494 e. The normalized spacial score (nSPS) is 18.0. The Bertz CT molecular complexity index is 1420. The molecule has 1 aliphatic rings. The van der Waals surface area contributed by atoms with Gasteiger partial charge in [0, 0.05) is 0 Å². The van der Waals surface area contributed by atoms with Gasteiger partial charge in [0.05, 0.1) is 13.2 Å². The molecule has 1 aliphatic carbocycles. The van der Waals surface area contributed by atoms with Crippen LogP contribution in [-0.4, -0.2) is 13.2 Å². The molecule has 0 N–H and O–H groups in total. The van der Waals surface area contributed by atoms with Crippen molar-refractivity contribution >= 4 is 22.5 Å². The quantitative estimate of drug-likeness (QED) is 0.112. The summed E-state index contributed by atoms with van der Waals surface area (Å²) in [5.41, 5.74) is 6.30. The highest BCUT2D eigenvalue weighted by atomic mass is 32.0. The van der Waals surface area contributed by atoms with Crippen molar-refractivity contribution in [3.8, 4) is 33.8 Å². The van der Waals surface area contributed by atoms with E-state index in [-0.39, 0.29) is 0 Å². The van der Waals surface area contributed by atoms with E-state index in [0.29, 0.717) is 0 Å². The van der Waals surface area contributed by atoms with Crippen molar-refractivity contribution < 1.29 is 9.47 Å². The van der Waals surface area contributed by atoms with E-state index in [0.717, 1.165) is 63.1 Å². The zero-order valence-electron chi connectivity index (χ0n) is 28.2. The lowest BCUT2D eigenvalue weighted by molar-refractivity contribution is 0.191. The van der Waals surface area contributed by atoms with Gasteiger partial charge >= 0.3 is 0 Å². The molecule has 0 radical (unpaired) electrons. The molecule has 4 heteroatoms. The van der Waals surface area contributed by atoms with Crippen LogP contribution in [0, 0.1) is 30.6 Å². The van der Waals surface area contributed by atoms with Crippen LogP contribution >= 0.6 is 17.2 Å². The third-order valence-corrected chi connectivity index (χ3v) is 12.0. The van der Waals surface area contributed by atoms with E-state index in [1.54, 1.807) is 0 Å². The second-order valence-corrected chi connectivity index (χ2v) is 15.3. The van der Waals surface area contributed by atoms with Crippen LogP contribution in [0.15, 0.2) is 97.1 Å². The minimum atomic E-state index is 0.731. The summed E-state index contributed by atoms with van der Waals surface area (Å²) in [7, 11) is 3.58. The van der Waals surface area contributed by atoms with E-state index < -0.39 is 0 Å². The zero-order chi connectivity index (χ0) is 32.1. The molecule has 0 aliphatic heterocycles. The van der Waals surface area contributed by atoms with Crippen molar-refractivity contribution in [3.63, 3.8) is 0 Å². The highest BCUT2D eigenvalue weighted by Crippen LogP contribution is 2.36. The van der Waals surface area contributed by atoms with Crippen LogP contribution in [-0.2, 0) is 0 Å². The molecule has 0 amide bonds. The van der Waals surface area contributed by atoms with Crippen LogP contribution in [0.4, 0.5) is 0 Å². The van der Waals surface area contributed by atoms with Gasteiger partial charge in [0.2, 0.25) is 0 Å². The van der Waals surface area contributed by atoms with Gasteiger partial charge in [-0.05, 0) is 95.3 Å². The molecule has 4 aromatic rings. The van der Waals surface area contributed by atoms with E-state index in [1.165, 1.54) is 84.5 Å². The monoisotopic (exact) mass is 652 g/mol. The molecule has 0 heterocycles. The van der Waals surface area contributed by atoms with Crippen molar-refractivity contribution in [1.82, 2.24) is 0 Å². The SMILES string of the molecule is CCC(CCOc1ccc(-c2ccc(PP)cc2)cc1)C(C)CCC1CCC(CCOc2ccc(-c3ccc(C)cc3)cc2)CC1. The molecule has 1 fully saturated rings. The molecule has 0 saturated heterocycles. The van der Waals surface area contributed by atoms with Gasteiger partial charge in [0.15, 0.2) is 0 Å². The van der Waals surface area contributed by atoms with Crippen LogP contribution in [0.2, 0.25) is 0 Å². The standard InChI is InChI=1S/C42H54O2P2/c1-4-35(28-30-44-41-23-17-38(18-24-41)39-19-25-42(46-45)26-20-39)32(3)7-8-33-9-11-34(12-10-33)27-29-43-40-21-15-37(16-22-40)36-13-5-31(2)6-14-36/h5-6,13-26,32-35,46H,4,7-12,27-30,45H2,1-3H3. The van der Waals surface area contributed by atoms with Gasteiger partial charge in [-0.2, -0.15) is 0 Å². The van der Waals surface area contributed by atoms with Crippen molar-refractivity contribution in [2.45, 2.75) is 78.6 Å². The highest BCUT2D eigenvalue weighted by molar-refractivity contribution is 8.06. The fourth-order valence-electron chi connectivity index (χ4n) is 7.10. The minimum absolute atomic E-state index is 0.731. The Labute approximate surface area is 283 Å². The average Bonchev–Trinajstić information content (AvgIpc) is 3.10. The first-order valence-corrected chi connectivity index (χ1v) is 20.4. The third-order valence-electron chi connectivity index (χ3n) is 10.4. The molecule has 0 spiro atoms. The van der Waals surface area contributed by atoms with Gasteiger partial charge in [-0.25, -0.2) is 0 Å². The second-order valence-electron chi connectivity index (χ2n) is 13.5. The van der Waals surface area contributed by atoms with Crippen molar-refractivity contribution in [3.05, 3.63) is 103 Å².